The fourth-order valence-corrected chi connectivity index (χ4v) is 6.07. The largest absolute Gasteiger partial charge is 0.493 e. The molecule has 2 unspecified atom stereocenters. The standard InChI is InChI=1S/C38H47F2N7O3/c1-7-41-26-43(6)25-38(5,35-17-8-30(39)22-36(35)40)50-24-29(4)23-49-34-15-13-32(14-16-34)45-20-18-44(19-21-45)31-9-11-33(12-10-31)46-27-42-47(28(2)3)37(46)48/h7-17,22,26-29H,1,18-21,23-25H2,2-6H3. The van der Waals surface area contributed by atoms with E-state index in [2.05, 4.69) is 50.7 Å². The average molecular weight is 688 g/mol. The van der Waals surface area contributed by atoms with E-state index >= 15 is 0 Å². The zero-order chi connectivity index (χ0) is 35.8. The third-order valence-corrected chi connectivity index (χ3v) is 8.80. The maximum atomic E-state index is 14.9. The molecule has 10 nitrogen and oxygen atoms in total. The van der Waals surface area contributed by atoms with E-state index in [4.69, 9.17) is 9.47 Å². The molecule has 2 heterocycles. The van der Waals surface area contributed by atoms with Gasteiger partial charge in [-0.15, -0.1) is 0 Å². The van der Waals surface area contributed by atoms with Crippen molar-refractivity contribution >= 4 is 17.7 Å². The third-order valence-electron chi connectivity index (χ3n) is 8.80. The molecule has 12 heteroatoms. The van der Waals surface area contributed by atoms with Gasteiger partial charge >= 0.3 is 5.69 Å². The molecule has 1 aliphatic heterocycles. The highest BCUT2D eigenvalue weighted by Gasteiger charge is 2.33. The molecule has 1 aliphatic rings. The summed E-state index contributed by atoms with van der Waals surface area (Å²) in [5.74, 6) is -0.554. The molecule has 0 bridgehead atoms. The molecule has 2 atom stereocenters. The van der Waals surface area contributed by atoms with E-state index in [0.717, 1.165) is 55.1 Å². The van der Waals surface area contributed by atoms with E-state index in [1.165, 1.54) is 23.0 Å². The van der Waals surface area contributed by atoms with E-state index in [1.807, 2.05) is 45.0 Å². The van der Waals surface area contributed by atoms with Gasteiger partial charge in [-0.3, -0.25) is 0 Å². The molecule has 1 saturated heterocycles. The number of benzene rings is 3. The summed E-state index contributed by atoms with van der Waals surface area (Å²) in [6.07, 6.45) is 4.57. The van der Waals surface area contributed by atoms with Gasteiger partial charge in [0.2, 0.25) is 0 Å². The lowest BCUT2D eigenvalue weighted by atomic mass is 9.94. The molecule has 266 valence electrons. The Labute approximate surface area is 292 Å². The number of rotatable bonds is 15. The zero-order valence-corrected chi connectivity index (χ0v) is 29.5. The van der Waals surface area contributed by atoms with Crippen molar-refractivity contribution in [2.45, 2.75) is 39.3 Å². The molecule has 50 heavy (non-hydrogen) atoms. The van der Waals surface area contributed by atoms with Crippen molar-refractivity contribution in [3.8, 4) is 11.4 Å². The molecule has 0 radical (unpaired) electrons. The van der Waals surface area contributed by atoms with Gasteiger partial charge in [0.1, 0.15) is 29.3 Å². The van der Waals surface area contributed by atoms with Crippen molar-refractivity contribution in [2.75, 3.05) is 62.8 Å². The number of likely N-dealkylation sites (N-methyl/N-ethyl adjacent to an activating group) is 1. The first-order valence-electron chi connectivity index (χ1n) is 16.9. The van der Waals surface area contributed by atoms with Crippen LogP contribution in [0.2, 0.25) is 0 Å². The summed E-state index contributed by atoms with van der Waals surface area (Å²) in [7, 11) is 1.81. The molecule has 1 fully saturated rings. The van der Waals surface area contributed by atoms with Gasteiger partial charge in [-0.2, -0.15) is 5.10 Å². The van der Waals surface area contributed by atoms with Crippen LogP contribution in [0.1, 0.15) is 39.3 Å². The monoisotopic (exact) mass is 687 g/mol. The molecule has 3 aromatic carbocycles. The van der Waals surface area contributed by atoms with Crippen LogP contribution >= 0.6 is 0 Å². The van der Waals surface area contributed by atoms with Crippen molar-refractivity contribution in [2.24, 2.45) is 10.9 Å². The van der Waals surface area contributed by atoms with E-state index in [0.29, 0.717) is 13.2 Å². The molecular weight excluding hydrogens is 640 g/mol. The fourth-order valence-electron chi connectivity index (χ4n) is 6.07. The Morgan fingerprint density at radius 2 is 1.54 bits per heavy atom. The fraction of sp³-hybridized carbons (Fsp3) is 0.395. The summed E-state index contributed by atoms with van der Waals surface area (Å²) in [6.45, 7) is 15.7. The van der Waals surface area contributed by atoms with E-state index < -0.39 is 17.2 Å². The smallest absolute Gasteiger partial charge is 0.350 e. The Hall–Kier alpha value is -4.97. The number of aliphatic imine (C=N–C) groups is 1. The summed E-state index contributed by atoms with van der Waals surface area (Å²) in [4.78, 5) is 23.2. The first-order chi connectivity index (χ1) is 24.0. The number of anilines is 2. The molecule has 0 amide bonds. The van der Waals surface area contributed by atoms with E-state index in [1.54, 1.807) is 36.1 Å². The minimum absolute atomic E-state index is 0.00586. The average Bonchev–Trinajstić information content (AvgIpc) is 3.50. The SMILES string of the molecule is C=CN=CN(C)CC(C)(OCC(C)COc1ccc(N2CCN(c3ccc(-n4cnn(C(C)C)c4=O)cc3)CC2)cc1)c1ccc(F)cc1F. The quantitative estimate of drug-likeness (QED) is 0.108. The number of aromatic nitrogens is 3. The Bertz CT molecular complexity index is 1800. The highest BCUT2D eigenvalue weighted by molar-refractivity contribution is 5.56. The number of nitrogens with zero attached hydrogens (tertiary/aromatic N) is 7. The van der Waals surface area contributed by atoms with Gasteiger partial charge in [0, 0.05) is 68.3 Å². The van der Waals surface area contributed by atoms with Crippen LogP contribution < -0.4 is 20.2 Å². The third kappa shape index (κ3) is 8.78. The number of piperazine rings is 1. The molecule has 0 N–H and O–H groups in total. The minimum Gasteiger partial charge on any atom is -0.493 e. The molecule has 0 saturated carbocycles. The lowest BCUT2D eigenvalue weighted by molar-refractivity contribution is -0.0654. The molecule has 0 spiro atoms. The highest BCUT2D eigenvalue weighted by Crippen LogP contribution is 2.30. The first kappa shape index (κ1) is 36.3. The minimum atomic E-state index is -1.07. The van der Waals surface area contributed by atoms with Crippen LogP contribution in [0.25, 0.3) is 5.69 Å². The molecule has 4 aromatic rings. The number of halogens is 2. The predicted molar refractivity (Wildman–Crippen MR) is 195 cm³/mol. The number of hydrogen-bond acceptors (Lipinski definition) is 7. The Kier molecular flexibility index (Phi) is 11.7. The van der Waals surface area contributed by atoms with Gasteiger partial charge in [-0.05, 0) is 75.4 Å². The second-order valence-electron chi connectivity index (χ2n) is 13.3. The summed E-state index contributed by atoms with van der Waals surface area (Å²) >= 11 is 0. The van der Waals surface area contributed by atoms with E-state index in [9.17, 15) is 13.6 Å². The lowest BCUT2D eigenvalue weighted by Crippen LogP contribution is -2.46. The van der Waals surface area contributed by atoms with Gasteiger partial charge in [-0.1, -0.05) is 19.6 Å². The Morgan fingerprint density at radius 1 is 0.940 bits per heavy atom. The Morgan fingerprint density at radius 3 is 2.10 bits per heavy atom. The van der Waals surface area contributed by atoms with Gasteiger partial charge in [-0.25, -0.2) is 27.8 Å². The maximum absolute atomic E-state index is 14.9. The van der Waals surface area contributed by atoms with Crippen molar-refractivity contribution in [1.82, 2.24) is 19.2 Å². The van der Waals surface area contributed by atoms with Gasteiger partial charge in [0.25, 0.3) is 0 Å². The highest BCUT2D eigenvalue weighted by atomic mass is 19.1. The normalized spacial score (nSPS) is 15.4. The predicted octanol–water partition coefficient (Wildman–Crippen LogP) is 6.27. The lowest BCUT2D eigenvalue weighted by Gasteiger charge is -2.37. The first-order valence-corrected chi connectivity index (χ1v) is 16.9. The summed E-state index contributed by atoms with van der Waals surface area (Å²) in [5.41, 5.74) is 2.11. The number of ether oxygens (including phenoxy) is 2. The van der Waals surface area contributed by atoms with Crippen LogP contribution in [0.15, 0.2) is 95.6 Å². The number of hydrogen-bond donors (Lipinski definition) is 0. The van der Waals surface area contributed by atoms with Crippen molar-refractivity contribution < 1.29 is 18.3 Å². The second-order valence-corrected chi connectivity index (χ2v) is 13.3. The maximum Gasteiger partial charge on any atom is 0.350 e. The van der Waals surface area contributed by atoms with Crippen LogP contribution in [0.5, 0.6) is 5.75 Å². The van der Waals surface area contributed by atoms with Crippen LogP contribution in [0.4, 0.5) is 20.2 Å². The van der Waals surface area contributed by atoms with Crippen molar-refractivity contribution in [3.05, 3.63) is 114 Å². The summed E-state index contributed by atoms with van der Waals surface area (Å²) < 4.78 is 44.0. The van der Waals surface area contributed by atoms with E-state index in [-0.39, 0.29) is 29.8 Å². The van der Waals surface area contributed by atoms with Gasteiger partial charge in [0.15, 0.2) is 0 Å². The topological polar surface area (TPSA) is 80.4 Å². The molecule has 0 aliphatic carbocycles. The van der Waals surface area contributed by atoms with Crippen LogP contribution in [-0.4, -0.2) is 78.6 Å². The molecule has 5 rings (SSSR count). The summed E-state index contributed by atoms with van der Waals surface area (Å²) in [6, 6.07) is 19.7. The van der Waals surface area contributed by atoms with Crippen LogP contribution in [0.3, 0.4) is 0 Å². The van der Waals surface area contributed by atoms with Gasteiger partial charge < -0.3 is 24.2 Å². The van der Waals surface area contributed by atoms with Crippen LogP contribution in [-0.2, 0) is 10.3 Å². The molecule has 1 aromatic heterocycles. The van der Waals surface area contributed by atoms with Crippen molar-refractivity contribution in [3.63, 3.8) is 0 Å². The Balaban J connectivity index is 1.11. The molecular formula is C38H47F2N7O3. The second kappa shape index (κ2) is 16.2. The van der Waals surface area contributed by atoms with Crippen LogP contribution in [0, 0.1) is 17.6 Å². The van der Waals surface area contributed by atoms with Gasteiger partial charge in [0.05, 0.1) is 37.8 Å². The van der Waals surface area contributed by atoms with Crippen molar-refractivity contribution in [1.29, 1.82) is 0 Å². The summed E-state index contributed by atoms with van der Waals surface area (Å²) in [5, 5.41) is 4.22. The zero-order valence-electron chi connectivity index (χ0n) is 29.5.